The van der Waals surface area contributed by atoms with E-state index in [2.05, 4.69) is 5.32 Å². The van der Waals surface area contributed by atoms with Crippen LogP contribution in [-0.2, 0) is 20.7 Å². The van der Waals surface area contributed by atoms with E-state index >= 15 is 0 Å². The molecule has 1 fully saturated rings. The molecule has 0 atom stereocenters. The molecule has 29 heavy (non-hydrogen) atoms. The van der Waals surface area contributed by atoms with Crippen molar-refractivity contribution in [2.45, 2.75) is 33.1 Å². The van der Waals surface area contributed by atoms with Gasteiger partial charge in [0.2, 0.25) is 5.91 Å². The normalized spacial score (nSPS) is 13.4. The van der Waals surface area contributed by atoms with Crippen LogP contribution in [0.1, 0.15) is 41.9 Å². The highest BCUT2D eigenvalue weighted by atomic mass is 32.1. The Morgan fingerprint density at radius 3 is 2.76 bits per heavy atom. The van der Waals surface area contributed by atoms with E-state index < -0.39 is 5.97 Å². The summed E-state index contributed by atoms with van der Waals surface area (Å²) in [5, 5.41) is 3.20. The first-order valence-electron chi connectivity index (χ1n) is 9.64. The van der Waals surface area contributed by atoms with Crippen molar-refractivity contribution in [2.24, 2.45) is 0 Å². The predicted octanol–water partition coefficient (Wildman–Crippen LogP) is 3.63. The summed E-state index contributed by atoms with van der Waals surface area (Å²) >= 11 is 1.35. The van der Waals surface area contributed by atoms with Crippen LogP contribution >= 0.6 is 11.3 Å². The maximum atomic E-state index is 12.4. The maximum absolute atomic E-state index is 12.4. The number of hydrogen-bond acceptors (Lipinski definition) is 6. The molecule has 1 aromatic carbocycles. The molecule has 3 rings (SSSR count). The number of aryl methyl sites for hydroxylation is 1. The highest BCUT2D eigenvalue weighted by molar-refractivity contribution is 7.16. The molecule has 154 valence electrons. The van der Waals surface area contributed by atoms with Gasteiger partial charge in [0.05, 0.1) is 12.2 Å². The van der Waals surface area contributed by atoms with Gasteiger partial charge in [0, 0.05) is 29.6 Å². The molecule has 1 aliphatic rings. The topological polar surface area (TPSA) is 84.9 Å². The zero-order valence-corrected chi connectivity index (χ0v) is 17.3. The summed E-state index contributed by atoms with van der Waals surface area (Å²) in [6.07, 6.45) is 2.15. The zero-order valence-electron chi connectivity index (χ0n) is 16.5. The van der Waals surface area contributed by atoms with E-state index in [0.717, 1.165) is 23.4 Å². The molecule has 0 spiro atoms. The largest absolute Gasteiger partial charge is 0.484 e. The van der Waals surface area contributed by atoms with Crippen LogP contribution in [0, 0.1) is 0 Å². The number of carbonyl (C=O) groups excluding carboxylic acids is 3. The molecular weight excluding hydrogens is 392 g/mol. The fraction of sp³-hybridized carbons (Fsp3) is 0.381. The molecule has 0 unspecified atom stereocenters. The first kappa shape index (κ1) is 20.9. The van der Waals surface area contributed by atoms with Gasteiger partial charge in [0.1, 0.15) is 10.8 Å². The summed E-state index contributed by atoms with van der Waals surface area (Å²) < 4.78 is 10.7. The number of esters is 1. The van der Waals surface area contributed by atoms with Gasteiger partial charge in [0.15, 0.2) is 6.61 Å². The monoisotopic (exact) mass is 416 g/mol. The van der Waals surface area contributed by atoms with E-state index in [1.54, 1.807) is 36.1 Å². The minimum atomic E-state index is -0.456. The van der Waals surface area contributed by atoms with E-state index in [1.165, 1.54) is 11.3 Å². The standard InChI is InChI=1S/C21H24N2O5S/c1-3-16-12-17(21(26)27-4-2)20(29-16)22-18(24)13-28-15-8-5-7-14(11-15)23-10-6-9-19(23)25/h5,7-8,11-12H,3-4,6,9-10,13H2,1-2H3,(H,22,24). The van der Waals surface area contributed by atoms with Gasteiger partial charge in [0.25, 0.3) is 5.91 Å². The molecule has 2 amide bonds. The van der Waals surface area contributed by atoms with Gasteiger partial charge in [-0.3, -0.25) is 9.59 Å². The Balaban J connectivity index is 1.63. The lowest BCUT2D eigenvalue weighted by molar-refractivity contribution is -0.118. The molecule has 0 bridgehead atoms. The van der Waals surface area contributed by atoms with E-state index in [1.807, 2.05) is 13.0 Å². The molecule has 0 saturated carbocycles. The van der Waals surface area contributed by atoms with Crippen molar-refractivity contribution in [1.82, 2.24) is 0 Å². The predicted molar refractivity (Wildman–Crippen MR) is 112 cm³/mol. The van der Waals surface area contributed by atoms with Crippen molar-refractivity contribution < 1.29 is 23.9 Å². The average Bonchev–Trinajstić information content (AvgIpc) is 3.33. The molecule has 1 saturated heterocycles. The number of ether oxygens (including phenoxy) is 2. The van der Waals surface area contributed by atoms with E-state index in [9.17, 15) is 14.4 Å². The second kappa shape index (κ2) is 9.56. The van der Waals surface area contributed by atoms with Gasteiger partial charge in [-0.1, -0.05) is 13.0 Å². The molecule has 1 N–H and O–H groups in total. The number of anilines is 2. The van der Waals surface area contributed by atoms with Crippen LogP contribution in [-0.4, -0.2) is 37.5 Å². The van der Waals surface area contributed by atoms with Crippen molar-refractivity contribution in [1.29, 1.82) is 0 Å². The fourth-order valence-electron chi connectivity index (χ4n) is 3.04. The van der Waals surface area contributed by atoms with Crippen molar-refractivity contribution in [2.75, 3.05) is 30.0 Å². The SMILES string of the molecule is CCOC(=O)c1cc(CC)sc1NC(=O)COc1cccc(N2CCCC2=O)c1. The maximum Gasteiger partial charge on any atom is 0.341 e. The Bertz CT molecular complexity index is 908. The lowest BCUT2D eigenvalue weighted by atomic mass is 10.2. The number of hydrogen-bond donors (Lipinski definition) is 1. The van der Waals surface area contributed by atoms with E-state index in [-0.39, 0.29) is 25.0 Å². The van der Waals surface area contributed by atoms with Crippen LogP contribution in [0.3, 0.4) is 0 Å². The Labute approximate surface area is 173 Å². The van der Waals surface area contributed by atoms with Gasteiger partial charge in [-0.2, -0.15) is 0 Å². The van der Waals surface area contributed by atoms with Crippen molar-refractivity contribution in [3.63, 3.8) is 0 Å². The van der Waals surface area contributed by atoms with Crippen LogP contribution in [0.15, 0.2) is 30.3 Å². The lowest BCUT2D eigenvalue weighted by Gasteiger charge is -2.16. The van der Waals surface area contributed by atoms with Crippen molar-refractivity contribution in [3.05, 3.63) is 40.8 Å². The molecule has 2 aromatic rings. The molecule has 7 nitrogen and oxygen atoms in total. The van der Waals surface area contributed by atoms with Crippen LogP contribution in [0.5, 0.6) is 5.75 Å². The number of amides is 2. The summed E-state index contributed by atoms with van der Waals surface area (Å²) in [6, 6.07) is 8.87. The number of rotatable bonds is 8. The molecule has 8 heteroatoms. The van der Waals surface area contributed by atoms with Gasteiger partial charge >= 0.3 is 5.97 Å². The van der Waals surface area contributed by atoms with Gasteiger partial charge in [-0.05, 0) is 38.0 Å². The third kappa shape index (κ3) is 5.14. The second-order valence-electron chi connectivity index (χ2n) is 6.51. The van der Waals surface area contributed by atoms with Crippen LogP contribution in [0.4, 0.5) is 10.7 Å². The van der Waals surface area contributed by atoms with Gasteiger partial charge in [-0.25, -0.2) is 4.79 Å². The summed E-state index contributed by atoms with van der Waals surface area (Å²) in [6.45, 7) is 4.47. The molecule has 1 aliphatic heterocycles. The first-order chi connectivity index (χ1) is 14.0. The fourth-order valence-corrected chi connectivity index (χ4v) is 4.04. The summed E-state index contributed by atoms with van der Waals surface area (Å²) in [4.78, 5) is 39.1. The molecule has 1 aromatic heterocycles. The number of benzene rings is 1. The molecular formula is C21H24N2O5S. The van der Waals surface area contributed by atoms with E-state index in [0.29, 0.717) is 29.3 Å². The van der Waals surface area contributed by atoms with Gasteiger partial charge < -0.3 is 19.7 Å². The highest BCUT2D eigenvalue weighted by Crippen LogP contribution is 2.29. The second-order valence-corrected chi connectivity index (χ2v) is 7.65. The summed E-state index contributed by atoms with van der Waals surface area (Å²) in [5.41, 5.74) is 1.12. The molecule has 0 radical (unpaired) electrons. The smallest absolute Gasteiger partial charge is 0.341 e. The minimum Gasteiger partial charge on any atom is -0.484 e. The van der Waals surface area contributed by atoms with Gasteiger partial charge in [-0.15, -0.1) is 11.3 Å². The van der Waals surface area contributed by atoms with E-state index in [4.69, 9.17) is 9.47 Å². The first-order valence-corrected chi connectivity index (χ1v) is 10.5. The van der Waals surface area contributed by atoms with Crippen LogP contribution < -0.4 is 15.0 Å². The van der Waals surface area contributed by atoms with Crippen LogP contribution in [0.25, 0.3) is 0 Å². The third-order valence-electron chi connectivity index (χ3n) is 4.45. The lowest BCUT2D eigenvalue weighted by Crippen LogP contribution is -2.24. The third-order valence-corrected chi connectivity index (χ3v) is 5.65. The number of thiophene rings is 1. The molecule has 0 aliphatic carbocycles. The Morgan fingerprint density at radius 2 is 2.07 bits per heavy atom. The van der Waals surface area contributed by atoms with Crippen LogP contribution in [0.2, 0.25) is 0 Å². The minimum absolute atomic E-state index is 0.0933. The summed E-state index contributed by atoms with van der Waals surface area (Å²) in [5.74, 6) is -0.232. The number of nitrogens with one attached hydrogen (secondary N) is 1. The number of nitrogens with zero attached hydrogens (tertiary/aromatic N) is 1. The Morgan fingerprint density at radius 1 is 1.24 bits per heavy atom. The average molecular weight is 416 g/mol. The quantitative estimate of drug-likeness (QED) is 0.664. The van der Waals surface area contributed by atoms with Crippen molar-refractivity contribution >= 4 is 39.8 Å². The molecule has 2 heterocycles. The Kier molecular flexibility index (Phi) is 6.87. The summed E-state index contributed by atoms with van der Waals surface area (Å²) in [7, 11) is 0. The highest BCUT2D eigenvalue weighted by Gasteiger charge is 2.22. The Hall–Kier alpha value is -2.87. The zero-order chi connectivity index (χ0) is 20.8. The number of carbonyl (C=O) groups is 3. The van der Waals surface area contributed by atoms with Crippen molar-refractivity contribution in [3.8, 4) is 5.75 Å².